The Balaban J connectivity index is 1.91. The van der Waals surface area contributed by atoms with Crippen molar-refractivity contribution in [2.45, 2.75) is 58.0 Å². The number of hydrogen-bond acceptors (Lipinski definition) is 2. The van der Waals surface area contributed by atoms with Gasteiger partial charge in [0.05, 0.1) is 5.92 Å². The molecule has 0 aromatic heterocycles. The Hall–Kier alpha value is -1.26. The first-order valence-electron chi connectivity index (χ1n) is 7.34. The molecule has 0 aromatic rings. The lowest BCUT2D eigenvalue weighted by Gasteiger charge is -2.33. The summed E-state index contributed by atoms with van der Waals surface area (Å²) in [6.07, 6.45) is 4.04. The average molecular weight is 268 g/mol. The van der Waals surface area contributed by atoms with E-state index in [0.717, 1.165) is 32.4 Å². The van der Waals surface area contributed by atoms with Gasteiger partial charge in [-0.25, -0.2) is 4.79 Å². The lowest BCUT2D eigenvalue weighted by molar-refractivity contribution is -0.143. The minimum atomic E-state index is -0.688. The van der Waals surface area contributed by atoms with Crippen molar-refractivity contribution in [3.8, 4) is 0 Å². The summed E-state index contributed by atoms with van der Waals surface area (Å²) in [6, 6.07) is 0.693. The van der Waals surface area contributed by atoms with E-state index in [9.17, 15) is 9.59 Å². The molecule has 2 aliphatic rings. The third kappa shape index (κ3) is 2.85. The molecule has 1 saturated carbocycles. The highest BCUT2D eigenvalue weighted by molar-refractivity contribution is 5.77. The van der Waals surface area contributed by atoms with Crippen molar-refractivity contribution in [2.24, 2.45) is 5.92 Å². The van der Waals surface area contributed by atoms with Gasteiger partial charge in [-0.3, -0.25) is 4.79 Å². The smallest absolute Gasteiger partial charge is 0.320 e. The zero-order chi connectivity index (χ0) is 14.0. The van der Waals surface area contributed by atoms with E-state index in [1.54, 1.807) is 0 Å². The summed E-state index contributed by atoms with van der Waals surface area (Å²) in [4.78, 5) is 27.2. The molecule has 2 amide bonds. The highest BCUT2D eigenvalue weighted by Crippen LogP contribution is 2.30. The molecule has 1 aliphatic heterocycles. The zero-order valence-electron chi connectivity index (χ0n) is 11.8. The monoisotopic (exact) mass is 268 g/mol. The molecule has 1 saturated heterocycles. The van der Waals surface area contributed by atoms with Gasteiger partial charge in [-0.15, -0.1) is 0 Å². The number of aliphatic carboxylic acids is 1. The van der Waals surface area contributed by atoms with Crippen molar-refractivity contribution < 1.29 is 14.7 Å². The number of carbonyl (C=O) groups excluding carboxylic acids is 1. The molecule has 1 heterocycles. The van der Waals surface area contributed by atoms with Crippen LogP contribution in [0.25, 0.3) is 0 Å². The number of carboxylic acids is 1. The fourth-order valence-corrected chi connectivity index (χ4v) is 3.17. The van der Waals surface area contributed by atoms with Gasteiger partial charge in [0.15, 0.2) is 0 Å². The maximum Gasteiger partial charge on any atom is 0.320 e. The van der Waals surface area contributed by atoms with E-state index in [0.29, 0.717) is 18.9 Å². The number of carboxylic acid groups (broad SMARTS) is 1. The van der Waals surface area contributed by atoms with Crippen molar-refractivity contribution in [3.05, 3.63) is 0 Å². The molecule has 5 heteroatoms. The van der Waals surface area contributed by atoms with Crippen molar-refractivity contribution in [2.75, 3.05) is 13.1 Å². The topological polar surface area (TPSA) is 60.9 Å². The van der Waals surface area contributed by atoms with Gasteiger partial charge in [-0.1, -0.05) is 6.92 Å². The second-order valence-corrected chi connectivity index (χ2v) is 5.77. The molecular formula is C14H24N2O3. The SMILES string of the molecule is CCC(C)N1CCN(C2CCC(C(=O)O)CC2)C1=O. The Kier molecular flexibility index (Phi) is 4.32. The Morgan fingerprint density at radius 2 is 1.95 bits per heavy atom. The third-order valence-corrected chi connectivity index (χ3v) is 4.68. The molecule has 1 atom stereocenters. The van der Waals surface area contributed by atoms with Crippen molar-refractivity contribution in [3.63, 3.8) is 0 Å². The van der Waals surface area contributed by atoms with Gasteiger partial charge in [0.1, 0.15) is 0 Å². The van der Waals surface area contributed by atoms with Crippen LogP contribution in [0.5, 0.6) is 0 Å². The van der Waals surface area contributed by atoms with E-state index < -0.39 is 5.97 Å². The van der Waals surface area contributed by atoms with Crippen LogP contribution in [0.4, 0.5) is 4.79 Å². The summed E-state index contributed by atoms with van der Waals surface area (Å²) in [5.41, 5.74) is 0. The summed E-state index contributed by atoms with van der Waals surface area (Å²) >= 11 is 0. The van der Waals surface area contributed by atoms with E-state index in [1.165, 1.54) is 0 Å². The van der Waals surface area contributed by atoms with Gasteiger partial charge >= 0.3 is 12.0 Å². The van der Waals surface area contributed by atoms with E-state index in [2.05, 4.69) is 13.8 Å². The number of hydrogen-bond donors (Lipinski definition) is 1. The van der Waals surface area contributed by atoms with Gasteiger partial charge in [0.25, 0.3) is 0 Å². The molecule has 19 heavy (non-hydrogen) atoms. The number of urea groups is 1. The van der Waals surface area contributed by atoms with E-state index in [4.69, 9.17) is 5.11 Å². The van der Waals surface area contributed by atoms with Gasteiger partial charge in [0, 0.05) is 25.2 Å². The fraction of sp³-hybridized carbons (Fsp3) is 0.857. The first-order valence-corrected chi connectivity index (χ1v) is 7.34. The van der Waals surface area contributed by atoms with Crippen molar-refractivity contribution in [1.29, 1.82) is 0 Å². The molecule has 108 valence electrons. The molecular weight excluding hydrogens is 244 g/mol. The summed E-state index contributed by atoms with van der Waals surface area (Å²) in [6.45, 7) is 5.79. The summed E-state index contributed by atoms with van der Waals surface area (Å²) in [7, 11) is 0. The summed E-state index contributed by atoms with van der Waals surface area (Å²) < 4.78 is 0. The van der Waals surface area contributed by atoms with Crippen molar-refractivity contribution in [1.82, 2.24) is 9.80 Å². The number of carbonyl (C=O) groups is 2. The van der Waals surface area contributed by atoms with E-state index in [-0.39, 0.29) is 18.0 Å². The van der Waals surface area contributed by atoms with Gasteiger partial charge < -0.3 is 14.9 Å². The number of nitrogens with zero attached hydrogens (tertiary/aromatic N) is 2. The van der Waals surface area contributed by atoms with Crippen LogP contribution in [0.15, 0.2) is 0 Å². The van der Waals surface area contributed by atoms with Crippen LogP contribution in [0, 0.1) is 5.92 Å². The van der Waals surface area contributed by atoms with Crippen LogP contribution in [-0.4, -0.2) is 52.1 Å². The number of rotatable bonds is 4. The molecule has 0 spiro atoms. The third-order valence-electron chi connectivity index (χ3n) is 4.68. The molecule has 2 fully saturated rings. The van der Waals surface area contributed by atoms with Gasteiger partial charge in [0.2, 0.25) is 0 Å². The Morgan fingerprint density at radius 1 is 1.32 bits per heavy atom. The fourth-order valence-electron chi connectivity index (χ4n) is 3.17. The molecule has 0 radical (unpaired) electrons. The maximum absolute atomic E-state index is 12.4. The predicted octanol–water partition coefficient (Wildman–Crippen LogP) is 2.17. The zero-order valence-corrected chi connectivity index (χ0v) is 11.8. The molecule has 0 bridgehead atoms. The van der Waals surface area contributed by atoms with Crippen LogP contribution in [0.3, 0.4) is 0 Å². The Labute approximate surface area is 114 Å². The molecule has 5 nitrogen and oxygen atoms in total. The van der Waals surface area contributed by atoms with Crippen LogP contribution >= 0.6 is 0 Å². The lowest BCUT2D eigenvalue weighted by Crippen LogP contribution is -2.43. The summed E-state index contributed by atoms with van der Waals surface area (Å²) in [5.74, 6) is -0.896. The normalized spacial score (nSPS) is 29.7. The highest BCUT2D eigenvalue weighted by atomic mass is 16.4. The van der Waals surface area contributed by atoms with E-state index in [1.807, 2.05) is 9.80 Å². The number of amides is 2. The van der Waals surface area contributed by atoms with Gasteiger partial charge in [-0.05, 0) is 39.0 Å². The highest BCUT2D eigenvalue weighted by Gasteiger charge is 2.37. The quantitative estimate of drug-likeness (QED) is 0.850. The van der Waals surface area contributed by atoms with E-state index >= 15 is 0 Å². The molecule has 2 rings (SSSR count). The predicted molar refractivity (Wildman–Crippen MR) is 71.9 cm³/mol. The first kappa shape index (κ1) is 14.2. The first-order chi connectivity index (χ1) is 9.04. The van der Waals surface area contributed by atoms with Crippen LogP contribution < -0.4 is 0 Å². The minimum Gasteiger partial charge on any atom is -0.481 e. The maximum atomic E-state index is 12.4. The Bertz CT molecular complexity index is 351. The van der Waals surface area contributed by atoms with Crippen LogP contribution in [0.2, 0.25) is 0 Å². The molecule has 1 unspecified atom stereocenters. The molecule has 0 aromatic carbocycles. The second-order valence-electron chi connectivity index (χ2n) is 5.77. The lowest BCUT2D eigenvalue weighted by atomic mass is 9.85. The largest absolute Gasteiger partial charge is 0.481 e. The summed E-state index contributed by atoms with van der Waals surface area (Å²) in [5, 5.41) is 9.00. The van der Waals surface area contributed by atoms with Crippen LogP contribution in [-0.2, 0) is 4.79 Å². The Morgan fingerprint density at radius 3 is 2.47 bits per heavy atom. The second kappa shape index (κ2) is 5.80. The standard InChI is InChI=1S/C14H24N2O3/c1-3-10(2)15-8-9-16(14(15)19)12-6-4-11(5-7-12)13(17)18/h10-12H,3-9H2,1-2H3,(H,17,18). The molecule has 1 N–H and O–H groups in total. The molecule has 1 aliphatic carbocycles. The van der Waals surface area contributed by atoms with Crippen molar-refractivity contribution >= 4 is 12.0 Å². The van der Waals surface area contributed by atoms with Gasteiger partial charge in [-0.2, -0.15) is 0 Å². The minimum absolute atomic E-state index is 0.146. The average Bonchev–Trinajstić information content (AvgIpc) is 2.80. The van der Waals surface area contributed by atoms with Crippen LogP contribution in [0.1, 0.15) is 46.0 Å².